The van der Waals surface area contributed by atoms with Gasteiger partial charge in [-0.05, 0) is 41.5 Å². The number of rotatable bonds is 6. The van der Waals surface area contributed by atoms with Crippen molar-refractivity contribution in [3.8, 4) is 0 Å². The summed E-state index contributed by atoms with van der Waals surface area (Å²) in [5, 5.41) is 3.18. The Balaban J connectivity index is 2.09. The number of carbonyl (C=O) groups excluding carboxylic acids is 2. The Morgan fingerprint density at radius 1 is 1.24 bits per heavy atom. The average molecular weight is 429 g/mol. The molecule has 0 saturated carbocycles. The zero-order valence-corrected chi connectivity index (χ0v) is 15.7. The summed E-state index contributed by atoms with van der Waals surface area (Å²) in [5.41, 5.74) is 1.41. The van der Waals surface area contributed by atoms with E-state index in [2.05, 4.69) is 21.2 Å². The van der Waals surface area contributed by atoms with E-state index in [1.54, 1.807) is 18.2 Å². The number of benzene rings is 2. The molecular weight excluding hydrogens is 413 g/mol. The second-order valence-corrected chi connectivity index (χ2v) is 6.68. The molecule has 0 saturated heterocycles. The molecule has 2 rings (SSSR count). The summed E-state index contributed by atoms with van der Waals surface area (Å²) in [7, 11) is 1.26. The Morgan fingerprint density at radius 2 is 1.92 bits per heavy atom. The van der Waals surface area contributed by atoms with Crippen molar-refractivity contribution in [2.45, 2.75) is 18.9 Å². The lowest BCUT2D eigenvalue weighted by atomic mass is 10.1. The van der Waals surface area contributed by atoms with Crippen LogP contribution < -0.4 is 5.32 Å². The molecule has 0 aromatic heterocycles. The van der Waals surface area contributed by atoms with Gasteiger partial charge in [0.2, 0.25) is 5.91 Å². The molecule has 0 aliphatic rings. The third-order valence-corrected chi connectivity index (χ3v) is 4.54. The van der Waals surface area contributed by atoms with Crippen molar-refractivity contribution in [2.75, 3.05) is 7.11 Å². The molecule has 2 aromatic rings. The van der Waals surface area contributed by atoms with E-state index >= 15 is 0 Å². The molecule has 0 aliphatic carbocycles. The minimum atomic E-state index is -0.854. The summed E-state index contributed by atoms with van der Waals surface area (Å²) in [6.45, 7) is 0. The summed E-state index contributed by atoms with van der Waals surface area (Å²) in [6.07, 6.45) is 0.257. The third kappa shape index (κ3) is 5.83. The highest BCUT2D eigenvalue weighted by Crippen LogP contribution is 2.22. The standard InChI is InChI=1S/C18H16BrClFNO3/c1-25-18(24)16(10-12-9-13(20)4-7-15(12)19)22-17(23)8-11-2-5-14(21)6-3-11/h2-7,9,16H,8,10H2,1H3,(H,22,23)/t16-/m1/s1. The fourth-order valence-electron chi connectivity index (χ4n) is 2.29. The predicted molar refractivity (Wildman–Crippen MR) is 96.9 cm³/mol. The molecule has 25 heavy (non-hydrogen) atoms. The maximum absolute atomic E-state index is 12.9. The first kappa shape index (κ1) is 19.4. The lowest BCUT2D eigenvalue weighted by Crippen LogP contribution is -2.43. The van der Waals surface area contributed by atoms with E-state index in [-0.39, 0.29) is 24.6 Å². The van der Waals surface area contributed by atoms with Crippen molar-refractivity contribution >= 4 is 39.4 Å². The number of esters is 1. The number of carbonyl (C=O) groups is 2. The van der Waals surface area contributed by atoms with E-state index in [0.29, 0.717) is 10.6 Å². The van der Waals surface area contributed by atoms with E-state index in [0.717, 1.165) is 10.0 Å². The maximum atomic E-state index is 12.9. The van der Waals surface area contributed by atoms with Gasteiger partial charge in [-0.15, -0.1) is 0 Å². The van der Waals surface area contributed by atoms with Gasteiger partial charge in [-0.1, -0.05) is 39.7 Å². The Morgan fingerprint density at radius 3 is 2.56 bits per heavy atom. The van der Waals surface area contributed by atoms with Crippen LogP contribution in [-0.2, 0) is 27.2 Å². The molecular formula is C18H16BrClFNO3. The number of methoxy groups -OCH3 is 1. The van der Waals surface area contributed by atoms with Gasteiger partial charge in [0.05, 0.1) is 13.5 Å². The zero-order valence-electron chi connectivity index (χ0n) is 13.4. The van der Waals surface area contributed by atoms with Crippen LogP contribution in [0.1, 0.15) is 11.1 Å². The molecule has 0 fully saturated rings. The van der Waals surface area contributed by atoms with Crippen molar-refractivity contribution in [3.63, 3.8) is 0 Å². The lowest BCUT2D eigenvalue weighted by molar-refractivity contribution is -0.145. The number of hydrogen-bond acceptors (Lipinski definition) is 3. The van der Waals surface area contributed by atoms with Crippen LogP contribution in [-0.4, -0.2) is 25.0 Å². The predicted octanol–water partition coefficient (Wildman–Crippen LogP) is 3.68. The summed E-state index contributed by atoms with van der Waals surface area (Å²) in [5.74, 6) is -1.29. The van der Waals surface area contributed by atoms with Crippen LogP contribution in [0.25, 0.3) is 0 Å². The van der Waals surface area contributed by atoms with Gasteiger partial charge in [0.25, 0.3) is 0 Å². The molecule has 4 nitrogen and oxygen atoms in total. The Labute approximate surface area is 158 Å². The van der Waals surface area contributed by atoms with Crippen molar-refractivity contribution in [3.05, 3.63) is 68.9 Å². The van der Waals surface area contributed by atoms with Gasteiger partial charge in [0.1, 0.15) is 11.9 Å². The molecule has 0 heterocycles. The van der Waals surface area contributed by atoms with Crippen LogP contribution in [0, 0.1) is 5.82 Å². The molecule has 0 aliphatic heterocycles. The molecule has 7 heteroatoms. The number of halogens is 3. The maximum Gasteiger partial charge on any atom is 0.328 e. The van der Waals surface area contributed by atoms with E-state index in [9.17, 15) is 14.0 Å². The van der Waals surface area contributed by atoms with Crippen LogP contribution in [0.4, 0.5) is 4.39 Å². The number of nitrogens with one attached hydrogen (secondary N) is 1. The summed E-state index contributed by atoms with van der Waals surface area (Å²) < 4.78 is 18.5. The topological polar surface area (TPSA) is 55.4 Å². The quantitative estimate of drug-likeness (QED) is 0.714. The van der Waals surface area contributed by atoms with Crippen LogP contribution in [0.15, 0.2) is 46.9 Å². The first-order chi connectivity index (χ1) is 11.9. The summed E-state index contributed by atoms with van der Waals surface area (Å²) in [6, 6.07) is 9.96. The monoisotopic (exact) mass is 427 g/mol. The summed E-state index contributed by atoms with van der Waals surface area (Å²) in [4.78, 5) is 24.2. The highest BCUT2D eigenvalue weighted by atomic mass is 79.9. The van der Waals surface area contributed by atoms with E-state index in [1.165, 1.54) is 31.4 Å². The highest BCUT2D eigenvalue weighted by molar-refractivity contribution is 9.10. The Bertz CT molecular complexity index is 767. The van der Waals surface area contributed by atoms with Gasteiger partial charge in [-0.2, -0.15) is 0 Å². The normalized spacial score (nSPS) is 11.7. The minimum absolute atomic E-state index is 0.0322. The second-order valence-electron chi connectivity index (χ2n) is 5.39. The van der Waals surface area contributed by atoms with Gasteiger partial charge < -0.3 is 10.1 Å². The van der Waals surface area contributed by atoms with Crippen LogP contribution in [0.2, 0.25) is 5.02 Å². The van der Waals surface area contributed by atoms with Crippen LogP contribution >= 0.6 is 27.5 Å². The van der Waals surface area contributed by atoms with E-state index in [1.807, 2.05) is 0 Å². The van der Waals surface area contributed by atoms with E-state index in [4.69, 9.17) is 16.3 Å². The van der Waals surface area contributed by atoms with E-state index < -0.39 is 12.0 Å². The third-order valence-electron chi connectivity index (χ3n) is 3.53. The largest absolute Gasteiger partial charge is 0.467 e. The second kappa shape index (κ2) is 8.97. The van der Waals surface area contributed by atoms with Crippen molar-refractivity contribution in [1.82, 2.24) is 5.32 Å². The first-order valence-corrected chi connectivity index (χ1v) is 8.61. The fourth-order valence-corrected chi connectivity index (χ4v) is 2.89. The zero-order chi connectivity index (χ0) is 18.4. The van der Waals surface area contributed by atoms with Crippen LogP contribution in [0.5, 0.6) is 0 Å². The number of amides is 1. The minimum Gasteiger partial charge on any atom is -0.467 e. The summed E-state index contributed by atoms with van der Waals surface area (Å²) >= 11 is 9.38. The van der Waals surface area contributed by atoms with Crippen molar-refractivity contribution < 1.29 is 18.7 Å². The fraction of sp³-hybridized carbons (Fsp3) is 0.222. The highest BCUT2D eigenvalue weighted by Gasteiger charge is 2.23. The smallest absolute Gasteiger partial charge is 0.328 e. The van der Waals surface area contributed by atoms with Gasteiger partial charge in [-0.25, -0.2) is 9.18 Å². The lowest BCUT2D eigenvalue weighted by Gasteiger charge is -2.17. The van der Waals surface area contributed by atoms with Crippen LogP contribution in [0.3, 0.4) is 0 Å². The average Bonchev–Trinajstić information content (AvgIpc) is 2.58. The SMILES string of the molecule is COC(=O)[C@@H](Cc1cc(Cl)ccc1Br)NC(=O)Cc1ccc(F)cc1. The van der Waals surface area contributed by atoms with Crippen molar-refractivity contribution in [2.24, 2.45) is 0 Å². The Kier molecular flexibility index (Phi) is 6.96. The van der Waals surface area contributed by atoms with Gasteiger partial charge in [-0.3, -0.25) is 4.79 Å². The molecule has 2 aromatic carbocycles. The Hall–Kier alpha value is -1.92. The molecule has 0 spiro atoms. The molecule has 0 radical (unpaired) electrons. The number of hydrogen-bond donors (Lipinski definition) is 1. The first-order valence-electron chi connectivity index (χ1n) is 7.44. The van der Waals surface area contributed by atoms with Gasteiger partial charge >= 0.3 is 5.97 Å². The molecule has 0 bridgehead atoms. The molecule has 132 valence electrons. The van der Waals surface area contributed by atoms with Crippen molar-refractivity contribution in [1.29, 1.82) is 0 Å². The molecule has 1 atom stereocenters. The molecule has 0 unspecified atom stereocenters. The molecule has 1 amide bonds. The van der Waals surface area contributed by atoms with Gasteiger partial charge in [0.15, 0.2) is 0 Å². The van der Waals surface area contributed by atoms with Gasteiger partial charge in [0, 0.05) is 15.9 Å². The number of ether oxygens (including phenoxy) is 1. The molecule has 1 N–H and O–H groups in total.